The van der Waals surface area contributed by atoms with Gasteiger partial charge >= 0.3 is 11.8 Å². The lowest BCUT2D eigenvalue weighted by Gasteiger charge is -2.09. The molecule has 0 saturated carbocycles. The molecule has 5 heteroatoms. The summed E-state index contributed by atoms with van der Waals surface area (Å²) in [5.74, 6) is -1.39. The van der Waals surface area contributed by atoms with Crippen LogP contribution in [-0.4, -0.2) is 11.8 Å². The maximum Gasteiger partial charge on any atom is 0.314 e. The Morgan fingerprint density at radius 2 is 1.36 bits per heavy atom. The third-order valence-electron chi connectivity index (χ3n) is 3.12. The molecule has 0 radical (unpaired) electrons. The van der Waals surface area contributed by atoms with E-state index in [1.807, 2.05) is 45.0 Å². The lowest BCUT2D eigenvalue weighted by molar-refractivity contribution is -0.132. The van der Waals surface area contributed by atoms with Crippen LogP contribution in [0.3, 0.4) is 0 Å². The van der Waals surface area contributed by atoms with Crippen LogP contribution < -0.4 is 10.6 Å². The second-order valence-electron chi connectivity index (χ2n) is 5.25. The lowest BCUT2D eigenvalue weighted by atomic mass is 10.1. The van der Waals surface area contributed by atoms with Gasteiger partial charge in [0.2, 0.25) is 0 Å². The summed E-state index contributed by atoms with van der Waals surface area (Å²) in [6.07, 6.45) is 0. The molecule has 0 aliphatic heterocycles. The molecule has 0 aliphatic rings. The molecule has 4 nitrogen and oxygen atoms in total. The van der Waals surface area contributed by atoms with Gasteiger partial charge in [-0.05, 0) is 61.7 Å². The van der Waals surface area contributed by atoms with Crippen LogP contribution in [0.4, 0.5) is 11.4 Å². The molecular weight excluding hydrogens is 344 g/mol. The third kappa shape index (κ3) is 4.18. The predicted molar refractivity (Wildman–Crippen MR) is 92.1 cm³/mol. The maximum absolute atomic E-state index is 12.0. The number of aryl methyl sites for hydroxylation is 3. The quantitative estimate of drug-likeness (QED) is 0.796. The Morgan fingerprint density at radius 1 is 0.818 bits per heavy atom. The van der Waals surface area contributed by atoms with Gasteiger partial charge < -0.3 is 10.6 Å². The standard InChI is InChI=1S/C17H17BrN2O2/c1-10-6-11(2)8-14(7-10)20-17(22)16(21)19-13-5-4-12(3)15(18)9-13/h4-9H,1-3H3,(H,19,21)(H,20,22). The highest BCUT2D eigenvalue weighted by molar-refractivity contribution is 9.10. The van der Waals surface area contributed by atoms with Gasteiger partial charge in [-0.1, -0.05) is 28.1 Å². The lowest BCUT2D eigenvalue weighted by Crippen LogP contribution is -2.29. The Morgan fingerprint density at radius 3 is 1.91 bits per heavy atom. The summed E-state index contributed by atoms with van der Waals surface area (Å²) in [5.41, 5.74) is 4.29. The fourth-order valence-corrected chi connectivity index (χ4v) is 2.47. The first-order chi connectivity index (χ1) is 10.3. The Hall–Kier alpha value is -2.14. The predicted octanol–water partition coefficient (Wildman–Crippen LogP) is 3.95. The molecule has 0 fully saturated rings. The minimum absolute atomic E-state index is 0.568. The van der Waals surface area contributed by atoms with Crippen LogP contribution in [0.15, 0.2) is 40.9 Å². The highest BCUT2D eigenvalue weighted by Crippen LogP contribution is 2.20. The van der Waals surface area contributed by atoms with Crippen molar-refractivity contribution < 1.29 is 9.59 Å². The van der Waals surface area contributed by atoms with Gasteiger partial charge in [-0.3, -0.25) is 9.59 Å². The summed E-state index contributed by atoms with van der Waals surface area (Å²) in [5, 5.41) is 5.19. The second-order valence-corrected chi connectivity index (χ2v) is 6.10. The zero-order chi connectivity index (χ0) is 16.3. The van der Waals surface area contributed by atoms with Crippen LogP contribution in [0, 0.1) is 20.8 Å². The van der Waals surface area contributed by atoms with Gasteiger partial charge in [0.1, 0.15) is 0 Å². The molecule has 22 heavy (non-hydrogen) atoms. The van der Waals surface area contributed by atoms with Crippen molar-refractivity contribution in [2.75, 3.05) is 10.6 Å². The number of nitrogens with one attached hydrogen (secondary N) is 2. The van der Waals surface area contributed by atoms with Crippen molar-refractivity contribution in [3.8, 4) is 0 Å². The van der Waals surface area contributed by atoms with Crippen LogP contribution in [-0.2, 0) is 9.59 Å². The van der Waals surface area contributed by atoms with Gasteiger partial charge in [0.15, 0.2) is 0 Å². The van der Waals surface area contributed by atoms with Crippen molar-refractivity contribution in [2.45, 2.75) is 20.8 Å². The molecule has 2 amide bonds. The summed E-state index contributed by atoms with van der Waals surface area (Å²) in [6.45, 7) is 5.82. The largest absolute Gasteiger partial charge is 0.318 e. The normalized spacial score (nSPS) is 10.2. The number of carbonyl (C=O) groups excluding carboxylic acids is 2. The highest BCUT2D eigenvalue weighted by Gasteiger charge is 2.14. The molecule has 2 rings (SSSR count). The first kappa shape index (κ1) is 16.2. The van der Waals surface area contributed by atoms with Crippen molar-refractivity contribution in [1.82, 2.24) is 0 Å². The van der Waals surface area contributed by atoms with E-state index in [2.05, 4.69) is 26.6 Å². The summed E-state index contributed by atoms with van der Waals surface area (Å²) >= 11 is 3.39. The summed E-state index contributed by atoms with van der Waals surface area (Å²) < 4.78 is 0.875. The minimum Gasteiger partial charge on any atom is -0.318 e. The zero-order valence-corrected chi connectivity index (χ0v) is 14.2. The molecule has 0 aliphatic carbocycles. The van der Waals surface area contributed by atoms with Gasteiger partial charge in [-0.15, -0.1) is 0 Å². The SMILES string of the molecule is Cc1cc(C)cc(NC(=O)C(=O)Nc2ccc(C)c(Br)c2)c1. The average molecular weight is 361 g/mol. The number of benzene rings is 2. The number of hydrogen-bond acceptors (Lipinski definition) is 2. The number of hydrogen-bond donors (Lipinski definition) is 2. The van der Waals surface area contributed by atoms with Crippen LogP contribution in [0.1, 0.15) is 16.7 Å². The van der Waals surface area contributed by atoms with E-state index in [1.54, 1.807) is 12.1 Å². The Balaban J connectivity index is 2.05. The second kappa shape index (κ2) is 6.75. The van der Waals surface area contributed by atoms with E-state index in [0.717, 1.165) is 21.2 Å². The molecule has 2 N–H and O–H groups in total. The molecule has 2 aromatic carbocycles. The van der Waals surface area contributed by atoms with Gasteiger partial charge in [0, 0.05) is 15.8 Å². The van der Waals surface area contributed by atoms with E-state index in [4.69, 9.17) is 0 Å². The first-order valence-corrected chi connectivity index (χ1v) is 7.61. The van der Waals surface area contributed by atoms with Crippen molar-refractivity contribution >= 4 is 39.1 Å². The molecule has 0 saturated heterocycles. The molecule has 2 aromatic rings. The van der Waals surface area contributed by atoms with E-state index in [9.17, 15) is 9.59 Å². The summed E-state index contributed by atoms with van der Waals surface area (Å²) in [7, 11) is 0. The van der Waals surface area contributed by atoms with E-state index < -0.39 is 11.8 Å². The molecule has 114 valence electrons. The van der Waals surface area contributed by atoms with Crippen LogP contribution in [0.25, 0.3) is 0 Å². The van der Waals surface area contributed by atoms with Gasteiger partial charge in [0.25, 0.3) is 0 Å². The maximum atomic E-state index is 12.0. The number of rotatable bonds is 2. The third-order valence-corrected chi connectivity index (χ3v) is 3.97. The Labute approximate surface area is 138 Å². The smallest absolute Gasteiger partial charge is 0.314 e. The fraction of sp³-hybridized carbons (Fsp3) is 0.176. The molecule has 0 unspecified atom stereocenters. The first-order valence-electron chi connectivity index (χ1n) is 6.82. The number of anilines is 2. The van der Waals surface area contributed by atoms with E-state index in [-0.39, 0.29) is 0 Å². The molecule has 0 heterocycles. The van der Waals surface area contributed by atoms with E-state index >= 15 is 0 Å². The highest BCUT2D eigenvalue weighted by atomic mass is 79.9. The van der Waals surface area contributed by atoms with E-state index in [0.29, 0.717) is 11.4 Å². The van der Waals surface area contributed by atoms with Crippen LogP contribution >= 0.6 is 15.9 Å². The van der Waals surface area contributed by atoms with E-state index in [1.165, 1.54) is 0 Å². The molecule has 0 spiro atoms. The van der Waals surface area contributed by atoms with Gasteiger partial charge in [-0.25, -0.2) is 0 Å². The topological polar surface area (TPSA) is 58.2 Å². The van der Waals surface area contributed by atoms with Gasteiger partial charge in [0.05, 0.1) is 0 Å². The zero-order valence-electron chi connectivity index (χ0n) is 12.7. The molecular formula is C17H17BrN2O2. The van der Waals surface area contributed by atoms with Crippen molar-refractivity contribution in [3.63, 3.8) is 0 Å². The Kier molecular flexibility index (Phi) is 4.98. The van der Waals surface area contributed by atoms with Crippen molar-refractivity contribution in [3.05, 3.63) is 57.6 Å². The minimum atomic E-state index is -0.699. The molecule has 0 aromatic heterocycles. The summed E-state index contributed by atoms with van der Waals surface area (Å²) in [4.78, 5) is 23.9. The Bertz CT molecular complexity index is 721. The van der Waals surface area contributed by atoms with Crippen molar-refractivity contribution in [1.29, 1.82) is 0 Å². The van der Waals surface area contributed by atoms with Crippen LogP contribution in [0.5, 0.6) is 0 Å². The monoisotopic (exact) mass is 360 g/mol. The fourth-order valence-electron chi connectivity index (χ4n) is 2.09. The number of carbonyl (C=O) groups is 2. The number of amides is 2. The van der Waals surface area contributed by atoms with Crippen LogP contribution in [0.2, 0.25) is 0 Å². The molecule has 0 atom stereocenters. The van der Waals surface area contributed by atoms with Gasteiger partial charge in [-0.2, -0.15) is 0 Å². The summed E-state index contributed by atoms with van der Waals surface area (Å²) in [6, 6.07) is 11.0. The molecule has 0 bridgehead atoms. The van der Waals surface area contributed by atoms with Crippen molar-refractivity contribution in [2.24, 2.45) is 0 Å². The number of halogens is 1. The average Bonchev–Trinajstić information content (AvgIpc) is 2.41.